The molecule has 2 aliphatic heterocycles. The van der Waals surface area contributed by atoms with E-state index in [1.807, 2.05) is 12.1 Å². The highest BCUT2D eigenvalue weighted by Crippen LogP contribution is 2.35. The van der Waals surface area contributed by atoms with E-state index < -0.39 is 12.1 Å². The molecule has 0 aromatic carbocycles. The lowest BCUT2D eigenvalue weighted by atomic mass is 9.84. The van der Waals surface area contributed by atoms with Gasteiger partial charge in [0, 0.05) is 24.9 Å². The van der Waals surface area contributed by atoms with E-state index in [1.165, 1.54) is 0 Å². The number of hydrogen-bond donors (Lipinski definition) is 2. The second kappa shape index (κ2) is 9.17. The maximum atomic E-state index is 11.8. The summed E-state index contributed by atoms with van der Waals surface area (Å²) in [7, 11) is 0. The zero-order valence-electron chi connectivity index (χ0n) is 15.9. The summed E-state index contributed by atoms with van der Waals surface area (Å²) in [6.45, 7) is 4.55. The van der Waals surface area contributed by atoms with Crippen molar-refractivity contribution in [2.24, 2.45) is 17.8 Å². The summed E-state index contributed by atoms with van der Waals surface area (Å²) in [5.74, 6) is -0.0355. The Hall–Kier alpha value is -2.07. The minimum absolute atomic E-state index is 0.207. The normalized spacial score (nSPS) is 26.9. The molecule has 1 aromatic heterocycles. The maximum Gasteiger partial charge on any atom is 0.490 e. The van der Waals surface area contributed by atoms with Crippen LogP contribution < -0.4 is 5.32 Å². The molecule has 2 N–H and O–H groups in total. The molecule has 7 nitrogen and oxygen atoms in total. The summed E-state index contributed by atoms with van der Waals surface area (Å²) in [4.78, 5) is 23.1. The SMILES string of the molecule is O=C(NC[C@@H]1OC[C@@H]2CN(Cc3ccco3)CC[C@@H]21)C1CC1.O=C(O)C(F)(F)F. The van der Waals surface area contributed by atoms with Gasteiger partial charge < -0.3 is 19.6 Å². The second-order valence-corrected chi connectivity index (χ2v) is 7.72. The highest BCUT2D eigenvalue weighted by molar-refractivity contribution is 5.80. The molecule has 3 atom stereocenters. The zero-order valence-corrected chi connectivity index (χ0v) is 15.9. The number of amides is 1. The van der Waals surface area contributed by atoms with E-state index in [9.17, 15) is 18.0 Å². The Morgan fingerprint density at radius 2 is 2.00 bits per heavy atom. The molecule has 10 heteroatoms. The lowest BCUT2D eigenvalue weighted by Gasteiger charge is -2.35. The van der Waals surface area contributed by atoms with E-state index in [2.05, 4.69) is 10.2 Å². The van der Waals surface area contributed by atoms with Gasteiger partial charge in [0.15, 0.2) is 0 Å². The Kier molecular flexibility index (Phi) is 6.84. The molecule has 1 saturated carbocycles. The predicted molar refractivity (Wildman–Crippen MR) is 94.7 cm³/mol. The van der Waals surface area contributed by atoms with Crippen LogP contribution in [0.5, 0.6) is 0 Å². The van der Waals surface area contributed by atoms with Gasteiger partial charge in [-0.15, -0.1) is 0 Å². The van der Waals surface area contributed by atoms with Crippen LogP contribution >= 0.6 is 0 Å². The number of halogens is 3. The predicted octanol–water partition coefficient (Wildman–Crippen LogP) is 2.28. The van der Waals surface area contributed by atoms with Crippen molar-refractivity contribution in [1.82, 2.24) is 10.2 Å². The van der Waals surface area contributed by atoms with Crippen molar-refractivity contribution in [3.63, 3.8) is 0 Å². The van der Waals surface area contributed by atoms with Gasteiger partial charge in [-0.25, -0.2) is 4.79 Å². The molecule has 0 radical (unpaired) electrons. The Labute approximate surface area is 166 Å². The average molecular weight is 418 g/mol. The fraction of sp³-hybridized carbons (Fsp3) is 0.684. The second-order valence-electron chi connectivity index (χ2n) is 7.72. The molecule has 3 fully saturated rings. The van der Waals surface area contributed by atoms with E-state index in [0.717, 1.165) is 51.3 Å². The van der Waals surface area contributed by atoms with Crippen LogP contribution in [0.4, 0.5) is 13.2 Å². The molecular formula is C19H25F3N2O5. The fourth-order valence-corrected chi connectivity index (χ4v) is 3.83. The molecule has 0 bridgehead atoms. The Balaban J connectivity index is 0.000000298. The first kappa shape index (κ1) is 21.6. The molecule has 1 aliphatic carbocycles. The number of nitrogens with zero attached hydrogens (tertiary/aromatic N) is 1. The molecule has 29 heavy (non-hydrogen) atoms. The largest absolute Gasteiger partial charge is 0.490 e. The van der Waals surface area contributed by atoms with Gasteiger partial charge in [0.05, 0.1) is 25.5 Å². The number of fused-ring (bicyclic) bond motifs is 1. The third kappa shape index (κ3) is 6.20. The van der Waals surface area contributed by atoms with Gasteiger partial charge in [-0.3, -0.25) is 9.69 Å². The monoisotopic (exact) mass is 418 g/mol. The minimum atomic E-state index is -5.08. The van der Waals surface area contributed by atoms with Gasteiger partial charge in [0.2, 0.25) is 5.91 Å². The van der Waals surface area contributed by atoms with Crippen LogP contribution in [-0.4, -0.2) is 60.4 Å². The van der Waals surface area contributed by atoms with Crippen molar-refractivity contribution in [2.45, 2.75) is 38.1 Å². The molecule has 1 amide bonds. The average Bonchev–Trinajstić information content (AvgIpc) is 3.25. The van der Waals surface area contributed by atoms with Crippen LogP contribution in [0.1, 0.15) is 25.0 Å². The number of rotatable bonds is 5. The number of ether oxygens (including phenoxy) is 1. The van der Waals surface area contributed by atoms with Crippen LogP contribution in [0.2, 0.25) is 0 Å². The standard InChI is InChI=1S/C17H24N2O3.C2HF3O2/c20-17(12-3-4-12)18-8-16-15-5-6-19(9-13(15)11-22-16)10-14-2-1-7-21-14;3-2(4,5)1(6)7/h1-2,7,12-13,15-16H,3-6,8-11H2,(H,18,20);(H,6,7)/t13-,15-,16-;/m0./s1. The molecule has 3 heterocycles. The number of carboxylic acids is 1. The summed E-state index contributed by atoms with van der Waals surface area (Å²) in [6, 6.07) is 3.98. The molecule has 2 saturated heterocycles. The van der Waals surface area contributed by atoms with Gasteiger partial charge in [-0.1, -0.05) is 0 Å². The number of hydrogen-bond acceptors (Lipinski definition) is 5. The third-order valence-corrected chi connectivity index (χ3v) is 5.51. The smallest absolute Gasteiger partial charge is 0.475 e. The Morgan fingerprint density at radius 3 is 2.59 bits per heavy atom. The van der Waals surface area contributed by atoms with Crippen molar-refractivity contribution >= 4 is 11.9 Å². The molecule has 1 aromatic rings. The van der Waals surface area contributed by atoms with E-state index in [0.29, 0.717) is 18.4 Å². The first-order valence-electron chi connectivity index (χ1n) is 9.68. The molecular weight excluding hydrogens is 393 g/mol. The maximum absolute atomic E-state index is 11.8. The Morgan fingerprint density at radius 1 is 1.28 bits per heavy atom. The number of carbonyl (C=O) groups excluding carboxylic acids is 1. The van der Waals surface area contributed by atoms with Crippen LogP contribution in [0.25, 0.3) is 0 Å². The number of likely N-dealkylation sites (tertiary alicyclic amines) is 1. The van der Waals surface area contributed by atoms with Gasteiger partial charge in [-0.2, -0.15) is 13.2 Å². The molecule has 3 aliphatic rings. The van der Waals surface area contributed by atoms with E-state index in [-0.39, 0.29) is 17.9 Å². The van der Waals surface area contributed by atoms with Crippen LogP contribution in [0.3, 0.4) is 0 Å². The number of carboxylic acid groups (broad SMARTS) is 1. The van der Waals surface area contributed by atoms with Gasteiger partial charge in [0.1, 0.15) is 5.76 Å². The highest BCUT2D eigenvalue weighted by Gasteiger charge is 2.41. The fourth-order valence-electron chi connectivity index (χ4n) is 3.83. The van der Waals surface area contributed by atoms with Crippen LogP contribution in [-0.2, 0) is 20.9 Å². The number of piperidine rings is 1. The number of aliphatic carboxylic acids is 1. The van der Waals surface area contributed by atoms with Crippen LogP contribution in [0, 0.1) is 17.8 Å². The lowest BCUT2D eigenvalue weighted by molar-refractivity contribution is -0.192. The highest BCUT2D eigenvalue weighted by atomic mass is 19.4. The molecule has 0 unspecified atom stereocenters. The molecule has 162 valence electrons. The lowest BCUT2D eigenvalue weighted by Crippen LogP contribution is -2.43. The summed E-state index contributed by atoms with van der Waals surface area (Å²) < 4.78 is 43.1. The van der Waals surface area contributed by atoms with Crippen molar-refractivity contribution in [1.29, 1.82) is 0 Å². The van der Waals surface area contributed by atoms with Crippen LogP contribution in [0.15, 0.2) is 22.8 Å². The summed E-state index contributed by atoms with van der Waals surface area (Å²) >= 11 is 0. The van der Waals surface area contributed by atoms with Crippen molar-refractivity contribution in [2.75, 3.05) is 26.2 Å². The number of alkyl halides is 3. The number of nitrogens with one attached hydrogen (secondary N) is 1. The quantitative estimate of drug-likeness (QED) is 0.762. The van der Waals surface area contributed by atoms with Gasteiger partial charge in [0.25, 0.3) is 0 Å². The van der Waals surface area contributed by atoms with Gasteiger partial charge in [-0.05, 0) is 43.9 Å². The summed E-state index contributed by atoms with van der Waals surface area (Å²) in [6.07, 6.45) is 0.129. The summed E-state index contributed by atoms with van der Waals surface area (Å²) in [5, 5.41) is 10.2. The Bertz CT molecular complexity index is 691. The van der Waals surface area contributed by atoms with E-state index >= 15 is 0 Å². The first-order chi connectivity index (χ1) is 13.7. The minimum Gasteiger partial charge on any atom is -0.475 e. The van der Waals surface area contributed by atoms with Crippen molar-refractivity contribution in [3.8, 4) is 0 Å². The number of furan rings is 1. The first-order valence-corrected chi connectivity index (χ1v) is 9.68. The third-order valence-electron chi connectivity index (χ3n) is 5.51. The van der Waals surface area contributed by atoms with E-state index in [4.69, 9.17) is 19.1 Å². The molecule has 4 rings (SSSR count). The van der Waals surface area contributed by atoms with Crippen molar-refractivity contribution < 1.29 is 37.0 Å². The number of carbonyl (C=O) groups is 2. The summed E-state index contributed by atoms with van der Waals surface area (Å²) in [5.41, 5.74) is 0. The van der Waals surface area contributed by atoms with Gasteiger partial charge >= 0.3 is 12.1 Å². The van der Waals surface area contributed by atoms with Crippen molar-refractivity contribution in [3.05, 3.63) is 24.2 Å². The zero-order chi connectivity index (χ0) is 21.0. The molecule has 0 spiro atoms. The topological polar surface area (TPSA) is 92.0 Å². The van der Waals surface area contributed by atoms with E-state index in [1.54, 1.807) is 6.26 Å².